The van der Waals surface area contributed by atoms with Gasteiger partial charge in [-0.05, 0) is 51.2 Å². The van der Waals surface area contributed by atoms with Crippen LogP contribution in [0.25, 0.3) is 0 Å². The lowest BCUT2D eigenvalue weighted by atomic mass is 10.2. The van der Waals surface area contributed by atoms with Crippen LogP contribution in [0.3, 0.4) is 0 Å². The average molecular weight is 347 g/mol. The molecule has 6 heteroatoms. The largest absolute Gasteiger partial charge is 0.305 e. The lowest BCUT2D eigenvalue weighted by molar-refractivity contribution is 0.302. The number of hydrogen-bond donors (Lipinski definition) is 0. The van der Waals surface area contributed by atoms with Crippen LogP contribution < -0.4 is 0 Å². The van der Waals surface area contributed by atoms with Gasteiger partial charge in [0.25, 0.3) is 0 Å². The number of likely N-dealkylation sites (N-methyl/N-ethyl adjacent to an activating group) is 1. The Morgan fingerprint density at radius 3 is 2.58 bits per heavy atom. The number of aryl methyl sites for hydroxylation is 1. The third-order valence-electron chi connectivity index (χ3n) is 3.62. The maximum Gasteiger partial charge on any atom is 0.243 e. The molecule has 106 valence electrons. The summed E-state index contributed by atoms with van der Waals surface area (Å²) < 4.78 is 27.6. The van der Waals surface area contributed by atoms with Crippen molar-refractivity contribution in [3.63, 3.8) is 0 Å². The molecule has 1 aliphatic rings. The number of benzene rings is 1. The highest BCUT2D eigenvalue weighted by atomic mass is 79.9. The van der Waals surface area contributed by atoms with E-state index in [1.54, 1.807) is 22.5 Å². The fraction of sp³-hybridized carbons (Fsp3) is 0.538. The van der Waals surface area contributed by atoms with Gasteiger partial charge in [-0.3, -0.25) is 0 Å². The quantitative estimate of drug-likeness (QED) is 0.841. The molecule has 0 spiro atoms. The Hall–Kier alpha value is -0.430. The Morgan fingerprint density at radius 1 is 1.37 bits per heavy atom. The molecule has 0 N–H and O–H groups in total. The van der Waals surface area contributed by atoms with E-state index < -0.39 is 10.0 Å². The highest BCUT2D eigenvalue weighted by molar-refractivity contribution is 9.10. The molecule has 1 heterocycles. The summed E-state index contributed by atoms with van der Waals surface area (Å²) in [5.41, 5.74) is 0.935. The molecule has 2 rings (SSSR count). The van der Waals surface area contributed by atoms with Crippen LogP contribution in [-0.4, -0.2) is 50.8 Å². The number of rotatable bonds is 3. The standard InChI is InChI=1S/C13H19BrN2O2S/c1-10-8-12(4-5-13(10)14)19(17,18)16-7-6-11(9-16)15(2)3/h4-5,8,11H,6-7,9H2,1-3H3. The van der Waals surface area contributed by atoms with E-state index in [2.05, 4.69) is 20.8 Å². The normalized spacial score (nSPS) is 21.2. The van der Waals surface area contributed by atoms with Gasteiger partial charge < -0.3 is 4.90 Å². The van der Waals surface area contributed by atoms with Crippen LogP contribution in [0.5, 0.6) is 0 Å². The minimum Gasteiger partial charge on any atom is -0.305 e. The summed E-state index contributed by atoms with van der Waals surface area (Å²) in [6.45, 7) is 3.07. The van der Waals surface area contributed by atoms with Gasteiger partial charge in [-0.1, -0.05) is 15.9 Å². The Bertz CT molecular complexity index is 572. The highest BCUT2D eigenvalue weighted by Gasteiger charge is 2.33. The number of sulfonamides is 1. The van der Waals surface area contributed by atoms with Crippen molar-refractivity contribution in [3.8, 4) is 0 Å². The maximum absolute atomic E-state index is 12.6. The van der Waals surface area contributed by atoms with Gasteiger partial charge in [0.15, 0.2) is 0 Å². The van der Waals surface area contributed by atoms with Crippen LogP contribution in [0.15, 0.2) is 27.6 Å². The van der Waals surface area contributed by atoms with Crippen LogP contribution in [0, 0.1) is 6.92 Å². The fourth-order valence-electron chi connectivity index (χ4n) is 2.28. The second-order valence-corrected chi connectivity index (χ2v) is 7.97. The van der Waals surface area contributed by atoms with E-state index in [1.807, 2.05) is 21.0 Å². The minimum absolute atomic E-state index is 0.311. The van der Waals surface area contributed by atoms with Gasteiger partial charge in [0.1, 0.15) is 0 Å². The maximum atomic E-state index is 12.6. The van der Waals surface area contributed by atoms with Crippen molar-refractivity contribution in [1.29, 1.82) is 0 Å². The minimum atomic E-state index is -3.36. The molecule has 1 aromatic carbocycles. The first kappa shape index (κ1) is 15.0. The molecule has 0 radical (unpaired) electrons. The summed E-state index contributed by atoms with van der Waals surface area (Å²) in [5, 5.41) is 0. The fourth-order valence-corrected chi connectivity index (χ4v) is 4.10. The number of halogens is 1. The van der Waals surface area contributed by atoms with Gasteiger partial charge >= 0.3 is 0 Å². The van der Waals surface area contributed by atoms with Gasteiger partial charge in [0, 0.05) is 23.6 Å². The lowest BCUT2D eigenvalue weighted by Crippen LogP contribution is -2.34. The molecular formula is C13H19BrN2O2S. The van der Waals surface area contributed by atoms with Crippen LogP contribution in [-0.2, 0) is 10.0 Å². The molecule has 0 aliphatic carbocycles. The highest BCUT2D eigenvalue weighted by Crippen LogP contribution is 2.25. The molecule has 1 aromatic rings. The molecule has 0 amide bonds. The van der Waals surface area contributed by atoms with E-state index in [9.17, 15) is 8.42 Å². The van der Waals surface area contributed by atoms with Crippen molar-refractivity contribution >= 4 is 26.0 Å². The monoisotopic (exact) mass is 346 g/mol. The van der Waals surface area contributed by atoms with Crippen LogP contribution >= 0.6 is 15.9 Å². The van der Waals surface area contributed by atoms with Crippen molar-refractivity contribution in [2.75, 3.05) is 27.2 Å². The third kappa shape index (κ3) is 3.02. The predicted octanol–water partition coefficient (Wildman–Crippen LogP) is 2.08. The van der Waals surface area contributed by atoms with Crippen LogP contribution in [0.1, 0.15) is 12.0 Å². The first-order chi connectivity index (χ1) is 8.82. The smallest absolute Gasteiger partial charge is 0.243 e. The molecule has 0 aromatic heterocycles. The van der Waals surface area contributed by atoms with Crippen LogP contribution in [0.4, 0.5) is 0 Å². The van der Waals surface area contributed by atoms with Crippen molar-refractivity contribution in [2.45, 2.75) is 24.3 Å². The molecule has 0 saturated carbocycles. The zero-order valence-electron chi connectivity index (χ0n) is 11.4. The summed E-state index contributed by atoms with van der Waals surface area (Å²) in [6, 6.07) is 5.49. The molecular weight excluding hydrogens is 328 g/mol. The first-order valence-corrected chi connectivity index (χ1v) is 8.48. The SMILES string of the molecule is Cc1cc(S(=O)(=O)N2CCC(N(C)C)C2)ccc1Br. The Balaban J connectivity index is 2.26. The summed E-state index contributed by atoms with van der Waals surface area (Å²) in [5.74, 6) is 0. The average Bonchev–Trinajstić information content (AvgIpc) is 2.82. The number of hydrogen-bond acceptors (Lipinski definition) is 3. The molecule has 1 saturated heterocycles. The summed E-state index contributed by atoms with van der Waals surface area (Å²) >= 11 is 3.39. The van der Waals surface area contributed by atoms with Gasteiger partial charge in [-0.2, -0.15) is 4.31 Å². The van der Waals surface area contributed by atoms with E-state index in [0.29, 0.717) is 24.0 Å². The molecule has 1 unspecified atom stereocenters. The summed E-state index contributed by atoms with van der Waals surface area (Å²) in [7, 11) is 0.623. The number of nitrogens with zero attached hydrogens (tertiary/aromatic N) is 2. The molecule has 0 bridgehead atoms. The van der Waals surface area contributed by atoms with E-state index >= 15 is 0 Å². The zero-order chi connectivity index (χ0) is 14.2. The first-order valence-electron chi connectivity index (χ1n) is 6.25. The second kappa shape index (κ2) is 5.52. The summed E-state index contributed by atoms with van der Waals surface area (Å²) in [6.07, 6.45) is 0.891. The van der Waals surface area contributed by atoms with E-state index in [4.69, 9.17) is 0 Å². The topological polar surface area (TPSA) is 40.6 Å². The van der Waals surface area contributed by atoms with Crippen molar-refractivity contribution in [2.24, 2.45) is 0 Å². The van der Waals surface area contributed by atoms with Gasteiger partial charge in [0.2, 0.25) is 10.0 Å². The Morgan fingerprint density at radius 2 is 2.05 bits per heavy atom. The predicted molar refractivity (Wildman–Crippen MR) is 79.7 cm³/mol. The second-order valence-electron chi connectivity index (χ2n) is 5.18. The molecule has 1 aliphatic heterocycles. The van der Waals surface area contributed by atoms with Gasteiger partial charge in [0.05, 0.1) is 4.90 Å². The van der Waals surface area contributed by atoms with E-state index in [-0.39, 0.29) is 0 Å². The molecule has 4 nitrogen and oxygen atoms in total. The van der Waals surface area contributed by atoms with Crippen molar-refractivity contribution in [1.82, 2.24) is 9.21 Å². The van der Waals surface area contributed by atoms with Gasteiger partial charge in [-0.25, -0.2) is 8.42 Å². The lowest BCUT2D eigenvalue weighted by Gasteiger charge is -2.20. The molecule has 1 atom stereocenters. The van der Waals surface area contributed by atoms with Crippen molar-refractivity contribution < 1.29 is 8.42 Å². The van der Waals surface area contributed by atoms with Gasteiger partial charge in [-0.15, -0.1) is 0 Å². The zero-order valence-corrected chi connectivity index (χ0v) is 13.8. The Kier molecular flexibility index (Phi) is 4.35. The third-order valence-corrected chi connectivity index (χ3v) is 6.37. The Labute approximate surface area is 123 Å². The molecule has 1 fully saturated rings. The van der Waals surface area contributed by atoms with Crippen molar-refractivity contribution in [3.05, 3.63) is 28.2 Å². The molecule has 19 heavy (non-hydrogen) atoms. The summed E-state index contributed by atoms with van der Waals surface area (Å²) in [4.78, 5) is 2.47. The van der Waals surface area contributed by atoms with Crippen LogP contribution in [0.2, 0.25) is 0 Å². The van der Waals surface area contributed by atoms with E-state index in [1.165, 1.54) is 0 Å². The van der Waals surface area contributed by atoms with E-state index in [0.717, 1.165) is 16.5 Å².